The number of rotatable bonds is 3. The van der Waals surface area contributed by atoms with Crippen molar-refractivity contribution < 1.29 is 13.2 Å². The van der Waals surface area contributed by atoms with Crippen molar-refractivity contribution in [3.63, 3.8) is 0 Å². The Hall–Kier alpha value is -1.14. The molecule has 1 unspecified atom stereocenters. The lowest BCUT2D eigenvalue weighted by molar-refractivity contribution is -0.186. The van der Waals surface area contributed by atoms with Crippen LogP contribution in [0.2, 0.25) is 0 Å². The Morgan fingerprint density at radius 1 is 1.32 bits per heavy atom. The Labute approximate surface area is 110 Å². The standard InChI is InChI=1S/C13H18F3N3/c14-13(15,16)10-4-7-19(8-5-10)12(9-17)11-3-1-2-6-18-11/h1-3,6,10,12H,4-5,7-9,17H2. The Morgan fingerprint density at radius 2 is 2.00 bits per heavy atom. The lowest BCUT2D eigenvalue weighted by Gasteiger charge is -2.37. The Morgan fingerprint density at radius 3 is 2.47 bits per heavy atom. The fourth-order valence-electron chi connectivity index (χ4n) is 2.57. The van der Waals surface area contributed by atoms with Gasteiger partial charge in [-0.25, -0.2) is 0 Å². The van der Waals surface area contributed by atoms with E-state index in [2.05, 4.69) is 4.98 Å². The molecule has 1 saturated heterocycles. The van der Waals surface area contributed by atoms with Crippen molar-refractivity contribution in [1.29, 1.82) is 0 Å². The second-order valence-corrected chi connectivity index (χ2v) is 4.86. The van der Waals surface area contributed by atoms with Gasteiger partial charge in [-0.05, 0) is 38.1 Å². The lowest BCUT2D eigenvalue weighted by atomic mass is 9.94. The SMILES string of the molecule is NCC(c1ccccn1)N1CCC(C(F)(F)F)CC1. The van der Waals surface area contributed by atoms with Gasteiger partial charge in [-0.3, -0.25) is 9.88 Å². The third-order valence-corrected chi connectivity index (χ3v) is 3.69. The van der Waals surface area contributed by atoms with Gasteiger partial charge in [0.25, 0.3) is 0 Å². The number of hydrogen-bond donors (Lipinski definition) is 1. The maximum Gasteiger partial charge on any atom is 0.391 e. The molecule has 1 fully saturated rings. The highest BCUT2D eigenvalue weighted by atomic mass is 19.4. The molecular formula is C13H18F3N3. The molecule has 1 aliphatic heterocycles. The average Bonchev–Trinajstić information content (AvgIpc) is 2.40. The van der Waals surface area contributed by atoms with E-state index in [9.17, 15) is 13.2 Å². The third-order valence-electron chi connectivity index (χ3n) is 3.69. The normalized spacial score (nSPS) is 20.4. The molecule has 0 amide bonds. The number of aromatic nitrogens is 1. The molecule has 106 valence electrons. The number of piperidine rings is 1. The number of pyridine rings is 1. The smallest absolute Gasteiger partial charge is 0.329 e. The van der Waals surface area contributed by atoms with Gasteiger partial charge in [-0.15, -0.1) is 0 Å². The number of likely N-dealkylation sites (tertiary alicyclic amines) is 1. The van der Waals surface area contributed by atoms with E-state index in [1.807, 2.05) is 23.1 Å². The fourth-order valence-corrected chi connectivity index (χ4v) is 2.57. The van der Waals surface area contributed by atoms with Crippen LogP contribution in [0.5, 0.6) is 0 Å². The summed E-state index contributed by atoms with van der Waals surface area (Å²) in [4.78, 5) is 6.25. The van der Waals surface area contributed by atoms with Crippen LogP contribution in [0.4, 0.5) is 13.2 Å². The molecule has 6 heteroatoms. The summed E-state index contributed by atoms with van der Waals surface area (Å²) < 4.78 is 37.9. The third kappa shape index (κ3) is 3.45. The van der Waals surface area contributed by atoms with E-state index >= 15 is 0 Å². The van der Waals surface area contributed by atoms with E-state index in [0.717, 1.165) is 5.69 Å². The van der Waals surface area contributed by atoms with Crippen LogP contribution >= 0.6 is 0 Å². The molecule has 0 aliphatic carbocycles. The zero-order valence-corrected chi connectivity index (χ0v) is 10.6. The second-order valence-electron chi connectivity index (χ2n) is 4.86. The van der Waals surface area contributed by atoms with Crippen LogP contribution in [-0.4, -0.2) is 35.7 Å². The summed E-state index contributed by atoms with van der Waals surface area (Å²) in [6, 6.07) is 5.46. The number of halogens is 3. The summed E-state index contributed by atoms with van der Waals surface area (Å²) in [6.07, 6.45) is -2.10. The summed E-state index contributed by atoms with van der Waals surface area (Å²) in [5.74, 6) is -1.18. The summed E-state index contributed by atoms with van der Waals surface area (Å²) >= 11 is 0. The Balaban J connectivity index is 2.00. The molecule has 3 nitrogen and oxygen atoms in total. The molecule has 19 heavy (non-hydrogen) atoms. The highest BCUT2D eigenvalue weighted by molar-refractivity contribution is 5.09. The molecule has 0 bridgehead atoms. The minimum atomic E-state index is -4.07. The van der Waals surface area contributed by atoms with E-state index in [4.69, 9.17) is 5.73 Å². The first-order valence-electron chi connectivity index (χ1n) is 6.44. The van der Waals surface area contributed by atoms with Crippen LogP contribution in [0.3, 0.4) is 0 Å². The first-order chi connectivity index (χ1) is 9.02. The van der Waals surface area contributed by atoms with Gasteiger partial charge in [0.05, 0.1) is 17.7 Å². The van der Waals surface area contributed by atoms with Crippen LogP contribution in [0.15, 0.2) is 24.4 Å². The van der Waals surface area contributed by atoms with E-state index < -0.39 is 12.1 Å². The van der Waals surface area contributed by atoms with Crippen LogP contribution in [0.1, 0.15) is 24.6 Å². The Bertz CT molecular complexity index is 386. The molecule has 0 aromatic carbocycles. The molecule has 1 aliphatic rings. The monoisotopic (exact) mass is 273 g/mol. The summed E-state index contributed by atoms with van der Waals surface area (Å²) in [5, 5.41) is 0. The van der Waals surface area contributed by atoms with Crippen LogP contribution < -0.4 is 5.73 Å². The van der Waals surface area contributed by atoms with Crippen LogP contribution in [0, 0.1) is 5.92 Å². The number of hydrogen-bond acceptors (Lipinski definition) is 3. The maximum absolute atomic E-state index is 12.6. The van der Waals surface area contributed by atoms with Gasteiger partial charge in [-0.2, -0.15) is 13.2 Å². The van der Waals surface area contributed by atoms with Gasteiger partial charge < -0.3 is 5.73 Å². The molecule has 2 heterocycles. The topological polar surface area (TPSA) is 42.1 Å². The molecule has 0 spiro atoms. The lowest BCUT2D eigenvalue weighted by Crippen LogP contribution is -2.43. The highest BCUT2D eigenvalue weighted by Gasteiger charge is 2.41. The molecule has 1 aromatic rings. The minimum absolute atomic E-state index is 0.0876. The summed E-state index contributed by atoms with van der Waals surface area (Å²) in [5.41, 5.74) is 6.58. The van der Waals surface area contributed by atoms with Crippen molar-refractivity contribution in [3.8, 4) is 0 Å². The van der Waals surface area contributed by atoms with Gasteiger partial charge in [0, 0.05) is 12.7 Å². The van der Waals surface area contributed by atoms with Crippen LogP contribution in [-0.2, 0) is 0 Å². The number of nitrogens with zero attached hydrogens (tertiary/aromatic N) is 2. The van der Waals surface area contributed by atoms with E-state index in [1.54, 1.807) is 6.20 Å². The van der Waals surface area contributed by atoms with Gasteiger partial charge >= 0.3 is 6.18 Å². The summed E-state index contributed by atoms with van der Waals surface area (Å²) in [6.45, 7) is 1.21. The molecule has 0 radical (unpaired) electrons. The van der Waals surface area contributed by atoms with E-state index in [0.29, 0.717) is 19.6 Å². The molecule has 1 aromatic heterocycles. The largest absolute Gasteiger partial charge is 0.391 e. The predicted molar refractivity (Wildman–Crippen MR) is 66.4 cm³/mol. The quantitative estimate of drug-likeness (QED) is 0.919. The predicted octanol–water partition coefficient (Wildman–Crippen LogP) is 2.36. The van der Waals surface area contributed by atoms with Crippen molar-refractivity contribution >= 4 is 0 Å². The van der Waals surface area contributed by atoms with Crippen molar-refractivity contribution in [2.45, 2.75) is 25.1 Å². The van der Waals surface area contributed by atoms with Gasteiger partial charge in [-0.1, -0.05) is 6.07 Å². The maximum atomic E-state index is 12.6. The zero-order chi connectivity index (χ0) is 13.9. The minimum Gasteiger partial charge on any atom is -0.329 e. The number of alkyl halides is 3. The zero-order valence-electron chi connectivity index (χ0n) is 10.6. The van der Waals surface area contributed by atoms with Crippen molar-refractivity contribution in [2.75, 3.05) is 19.6 Å². The van der Waals surface area contributed by atoms with Gasteiger partial charge in [0.1, 0.15) is 0 Å². The first-order valence-corrected chi connectivity index (χ1v) is 6.44. The first kappa shape index (κ1) is 14.3. The van der Waals surface area contributed by atoms with Gasteiger partial charge in [0.2, 0.25) is 0 Å². The van der Waals surface area contributed by atoms with Crippen LogP contribution in [0.25, 0.3) is 0 Å². The fraction of sp³-hybridized carbons (Fsp3) is 0.615. The molecule has 2 rings (SSSR count). The molecule has 0 saturated carbocycles. The van der Waals surface area contributed by atoms with E-state index in [-0.39, 0.29) is 18.9 Å². The van der Waals surface area contributed by atoms with Gasteiger partial charge in [0.15, 0.2) is 0 Å². The van der Waals surface area contributed by atoms with Crippen molar-refractivity contribution in [3.05, 3.63) is 30.1 Å². The Kier molecular flexibility index (Phi) is 4.42. The summed E-state index contributed by atoms with van der Waals surface area (Å²) in [7, 11) is 0. The van der Waals surface area contributed by atoms with Crippen molar-refractivity contribution in [1.82, 2.24) is 9.88 Å². The van der Waals surface area contributed by atoms with E-state index in [1.165, 1.54) is 0 Å². The van der Waals surface area contributed by atoms with Crippen molar-refractivity contribution in [2.24, 2.45) is 11.7 Å². The number of nitrogens with two attached hydrogens (primary N) is 1. The molecule has 2 N–H and O–H groups in total. The average molecular weight is 273 g/mol. The molecular weight excluding hydrogens is 255 g/mol. The highest BCUT2D eigenvalue weighted by Crippen LogP contribution is 2.35. The second kappa shape index (κ2) is 5.88. The molecule has 1 atom stereocenters.